The van der Waals surface area contributed by atoms with E-state index in [1.807, 2.05) is 27.7 Å². The Morgan fingerprint density at radius 3 is 2.46 bits per heavy atom. The largest absolute Gasteiger partial charge is 0.325 e. The molecule has 24 heavy (non-hydrogen) atoms. The normalized spacial score (nSPS) is 11.2. The Labute approximate surface area is 145 Å². The van der Waals surface area contributed by atoms with Crippen LogP contribution in [0, 0.1) is 5.41 Å². The SMILES string of the molecule is CCc1nnc(NC(=O)c2ccccc2NC(=O)C(C)(C)CC)s1. The number of anilines is 2. The van der Waals surface area contributed by atoms with Gasteiger partial charge in [-0.3, -0.25) is 14.9 Å². The average molecular weight is 346 g/mol. The molecule has 0 bridgehead atoms. The smallest absolute Gasteiger partial charge is 0.259 e. The fourth-order valence-corrected chi connectivity index (χ4v) is 2.53. The molecular weight excluding hydrogens is 324 g/mol. The molecule has 0 spiro atoms. The molecule has 2 aromatic rings. The fourth-order valence-electron chi connectivity index (χ4n) is 1.85. The van der Waals surface area contributed by atoms with Gasteiger partial charge in [0.25, 0.3) is 5.91 Å². The number of carbonyl (C=O) groups is 2. The van der Waals surface area contributed by atoms with E-state index in [0.717, 1.165) is 11.4 Å². The fraction of sp³-hybridized carbons (Fsp3) is 0.412. The summed E-state index contributed by atoms with van der Waals surface area (Å²) in [4.78, 5) is 24.9. The summed E-state index contributed by atoms with van der Waals surface area (Å²) in [6.45, 7) is 7.68. The molecule has 7 heteroatoms. The minimum atomic E-state index is -0.501. The molecule has 0 atom stereocenters. The molecule has 1 aromatic heterocycles. The first-order valence-corrected chi connectivity index (χ1v) is 8.73. The Hall–Kier alpha value is -2.28. The van der Waals surface area contributed by atoms with Crippen molar-refractivity contribution in [1.82, 2.24) is 10.2 Å². The van der Waals surface area contributed by atoms with E-state index in [-0.39, 0.29) is 11.8 Å². The van der Waals surface area contributed by atoms with Gasteiger partial charge in [0.1, 0.15) is 5.01 Å². The van der Waals surface area contributed by atoms with Crippen LogP contribution in [0.15, 0.2) is 24.3 Å². The molecule has 0 radical (unpaired) electrons. The van der Waals surface area contributed by atoms with Gasteiger partial charge in [-0.25, -0.2) is 0 Å². The lowest BCUT2D eigenvalue weighted by Gasteiger charge is -2.22. The van der Waals surface area contributed by atoms with Crippen molar-refractivity contribution in [2.45, 2.75) is 40.5 Å². The number of hydrogen-bond acceptors (Lipinski definition) is 5. The van der Waals surface area contributed by atoms with Crippen molar-refractivity contribution in [3.63, 3.8) is 0 Å². The number of rotatable bonds is 6. The molecule has 0 saturated heterocycles. The molecular formula is C17H22N4O2S. The number of para-hydroxylation sites is 1. The molecule has 0 saturated carbocycles. The van der Waals surface area contributed by atoms with Crippen molar-refractivity contribution >= 4 is 34.0 Å². The zero-order valence-corrected chi connectivity index (χ0v) is 15.2. The number of carbonyl (C=O) groups excluding carboxylic acids is 2. The summed E-state index contributed by atoms with van der Waals surface area (Å²) in [5.74, 6) is -0.437. The first-order chi connectivity index (χ1) is 11.4. The highest BCUT2D eigenvalue weighted by Gasteiger charge is 2.26. The standard InChI is InChI=1S/C17H22N4O2S/c1-5-13-20-21-16(24-13)19-14(22)11-9-7-8-10-12(11)18-15(23)17(3,4)6-2/h7-10H,5-6H2,1-4H3,(H,18,23)(H,19,21,22). The molecule has 128 valence electrons. The number of amides is 2. The maximum Gasteiger partial charge on any atom is 0.259 e. The van der Waals surface area contributed by atoms with Crippen LogP contribution in [0.2, 0.25) is 0 Å². The zero-order valence-electron chi connectivity index (χ0n) is 14.3. The predicted octanol–water partition coefficient (Wildman–Crippen LogP) is 3.73. The molecule has 0 unspecified atom stereocenters. The van der Waals surface area contributed by atoms with Gasteiger partial charge in [-0.05, 0) is 25.0 Å². The number of benzene rings is 1. The molecule has 6 nitrogen and oxygen atoms in total. The van der Waals surface area contributed by atoms with Crippen molar-refractivity contribution in [3.8, 4) is 0 Å². The van der Waals surface area contributed by atoms with Gasteiger partial charge >= 0.3 is 0 Å². The first kappa shape index (κ1) is 18.1. The maximum absolute atomic E-state index is 12.5. The van der Waals surface area contributed by atoms with E-state index in [2.05, 4.69) is 20.8 Å². The monoisotopic (exact) mass is 346 g/mol. The molecule has 0 fully saturated rings. The van der Waals surface area contributed by atoms with Gasteiger partial charge in [0, 0.05) is 5.41 Å². The maximum atomic E-state index is 12.5. The highest BCUT2D eigenvalue weighted by molar-refractivity contribution is 7.15. The van der Waals surface area contributed by atoms with Crippen molar-refractivity contribution in [3.05, 3.63) is 34.8 Å². The molecule has 1 heterocycles. The summed E-state index contributed by atoms with van der Waals surface area (Å²) in [5.41, 5.74) is 0.381. The molecule has 2 amide bonds. The number of nitrogens with zero attached hydrogens (tertiary/aromatic N) is 2. The number of aryl methyl sites for hydroxylation is 1. The summed E-state index contributed by atoms with van der Waals surface area (Å²) in [7, 11) is 0. The predicted molar refractivity (Wildman–Crippen MR) is 96.4 cm³/mol. The van der Waals surface area contributed by atoms with E-state index in [1.54, 1.807) is 24.3 Å². The van der Waals surface area contributed by atoms with E-state index >= 15 is 0 Å². The third-order valence-electron chi connectivity index (χ3n) is 3.91. The molecule has 2 N–H and O–H groups in total. The molecule has 2 rings (SSSR count). The Bertz CT molecular complexity index is 740. The average Bonchev–Trinajstić information content (AvgIpc) is 3.02. The van der Waals surface area contributed by atoms with Crippen LogP contribution < -0.4 is 10.6 Å². The van der Waals surface area contributed by atoms with Crippen LogP contribution in [0.25, 0.3) is 0 Å². The number of hydrogen-bond donors (Lipinski definition) is 2. The van der Waals surface area contributed by atoms with Gasteiger partial charge in [0.15, 0.2) is 0 Å². The van der Waals surface area contributed by atoms with Crippen molar-refractivity contribution in [2.24, 2.45) is 5.41 Å². The van der Waals surface area contributed by atoms with Gasteiger partial charge in [-0.1, -0.05) is 51.2 Å². The molecule has 0 aliphatic heterocycles. The summed E-state index contributed by atoms with van der Waals surface area (Å²) in [6, 6.07) is 6.93. The van der Waals surface area contributed by atoms with Gasteiger partial charge in [-0.15, -0.1) is 10.2 Å². The quantitative estimate of drug-likeness (QED) is 0.835. The molecule has 1 aromatic carbocycles. The van der Waals surface area contributed by atoms with Crippen LogP contribution in [0.1, 0.15) is 49.5 Å². The Morgan fingerprint density at radius 2 is 1.83 bits per heavy atom. The second kappa shape index (κ2) is 7.53. The lowest BCUT2D eigenvalue weighted by atomic mass is 9.89. The van der Waals surface area contributed by atoms with Gasteiger partial charge in [0.2, 0.25) is 11.0 Å². The van der Waals surface area contributed by atoms with Crippen molar-refractivity contribution in [1.29, 1.82) is 0 Å². The molecule has 0 aliphatic carbocycles. The summed E-state index contributed by atoms with van der Waals surface area (Å²) in [5, 5.41) is 14.8. The third-order valence-corrected chi connectivity index (χ3v) is 4.89. The van der Waals surface area contributed by atoms with E-state index in [9.17, 15) is 9.59 Å². The summed E-state index contributed by atoms with van der Waals surface area (Å²) >= 11 is 1.34. The summed E-state index contributed by atoms with van der Waals surface area (Å²) < 4.78 is 0. The van der Waals surface area contributed by atoms with Crippen LogP contribution >= 0.6 is 11.3 Å². The Morgan fingerprint density at radius 1 is 1.12 bits per heavy atom. The third kappa shape index (κ3) is 4.17. The van der Waals surface area contributed by atoms with Crippen molar-refractivity contribution < 1.29 is 9.59 Å². The van der Waals surface area contributed by atoms with Crippen molar-refractivity contribution in [2.75, 3.05) is 10.6 Å². The lowest BCUT2D eigenvalue weighted by molar-refractivity contribution is -0.124. The second-order valence-corrected chi connectivity index (χ2v) is 7.11. The van der Waals surface area contributed by atoms with Crippen LogP contribution in [0.5, 0.6) is 0 Å². The highest BCUT2D eigenvalue weighted by atomic mass is 32.1. The number of aromatic nitrogens is 2. The van der Waals surface area contributed by atoms with Gasteiger partial charge in [0.05, 0.1) is 11.3 Å². The second-order valence-electron chi connectivity index (χ2n) is 6.05. The van der Waals surface area contributed by atoms with E-state index in [4.69, 9.17) is 0 Å². The summed E-state index contributed by atoms with van der Waals surface area (Å²) in [6.07, 6.45) is 1.48. The van der Waals surface area contributed by atoms with Gasteiger partial charge in [-0.2, -0.15) is 0 Å². The Balaban J connectivity index is 2.18. The van der Waals surface area contributed by atoms with E-state index in [1.165, 1.54) is 11.3 Å². The van der Waals surface area contributed by atoms with Crippen LogP contribution in [-0.2, 0) is 11.2 Å². The molecule has 0 aliphatic rings. The highest BCUT2D eigenvalue weighted by Crippen LogP contribution is 2.25. The topological polar surface area (TPSA) is 84.0 Å². The van der Waals surface area contributed by atoms with E-state index < -0.39 is 5.41 Å². The van der Waals surface area contributed by atoms with Gasteiger partial charge < -0.3 is 5.32 Å². The van der Waals surface area contributed by atoms with E-state index in [0.29, 0.717) is 22.8 Å². The first-order valence-electron chi connectivity index (χ1n) is 7.91. The minimum absolute atomic E-state index is 0.116. The van der Waals surface area contributed by atoms with Crippen LogP contribution in [-0.4, -0.2) is 22.0 Å². The Kier molecular flexibility index (Phi) is 5.66. The minimum Gasteiger partial charge on any atom is -0.325 e. The lowest BCUT2D eigenvalue weighted by Crippen LogP contribution is -2.31. The van der Waals surface area contributed by atoms with Crippen LogP contribution in [0.3, 0.4) is 0 Å². The van der Waals surface area contributed by atoms with Crippen LogP contribution in [0.4, 0.5) is 10.8 Å². The zero-order chi connectivity index (χ0) is 17.7. The number of nitrogens with one attached hydrogen (secondary N) is 2.